The Hall–Kier alpha value is -0.420. The molecule has 1 nitrogen and oxygen atoms in total. The fraction of sp³-hybridized carbons (Fsp3) is 0.444. The first kappa shape index (κ1) is 8.67. The van der Waals surface area contributed by atoms with Crippen LogP contribution in [0, 0.1) is 0 Å². The zero-order valence-corrected chi connectivity index (χ0v) is 8.09. The molecule has 0 amide bonds. The molecule has 0 N–H and O–H groups in total. The normalized spacial score (nSPS) is 11.1. The van der Waals surface area contributed by atoms with Crippen molar-refractivity contribution in [2.45, 2.75) is 19.8 Å². The van der Waals surface area contributed by atoms with E-state index in [0.717, 1.165) is 15.0 Å². The average molecular weight is 167 g/mol. The summed E-state index contributed by atoms with van der Waals surface area (Å²) in [5.41, 5.74) is 1.22. The number of pyridine rings is 1. The average Bonchev–Trinajstić information content (AvgIpc) is 2.07. The second-order valence-corrected chi connectivity index (χ2v) is 3.62. The number of hydrogen-bond acceptors (Lipinski definition) is 1. The minimum Gasteiger partial charge on any atom is -0.261 e. The van der Waals surface area contributed by atoms with Crippen LogP contribution in [0.5, 0.6) is 0 Å². The highest BCUT2D eigenvalue weighted by Gasteiger charge is 1.91. The van der Waals surface area contributed by atoms with Crippen molar-refractivity contribution in [2.24, 2.45) is 0 Å². The van der Waals surface area contributed by atoms with Gasteiger partial charge < -0.3 is 0 Å². The van der Waals surface area contributed by atoms with Gasteiger partial charge in [-0.2, -0.15) is 0 Å². The largest absolute Gasteiger partial charge is 0.261 e. The Balaban J connectivity index is 2.66. The highest BCUT2D eigenvalue weighted by atomic mass is 31.1. The van der Waals surface area contributed by atoms with Gasteiger partial charge in [-0.1, -0.05) is 28.0 Å². The van der Waals surface area contributed by atoms with E-state index in [1.807, 2.05) is 6.20 Å². The van der Waals surface area contributed by atoms with Crippen molar-refractivity contribution in [1.82, 2.24) is 4.98 Å². The van der Waals surface area contributed by atoms with Gasteiger partial charge >= 0.3 is 0 Å². The molecule has 0 aliphatic heterocycles. The second kappa shape index (κ2) is 4.46. The molecule has 0 bridgehead atoms. The van der Waals surface area contributed by atoms with Gasteiger partial charge in [-0.15, -0.1) is 0 Å². The third-order valence-electron chi connectivity index (χ3n) is 1.62. The predicted octanol–water partition coefficient (Wildman–Crippen LogP) is 1.97. The van der Waals surface area contributed by atoms with Gasteiger partial charge in [-0.05, 0) is 24.5 Å². The van der Waals surface area contributed by atoms with Crippen molar-refractivity contribution in [3.8, 4) is 0 Å². The molecule has 0 saturated heterocycles. The molecule has 1 heterocycles. The van der Waals surface area contributed by atoms with E-state index in [9.17, 15) is 0 Å². The van der Waals surface area contributed by atoms with Gasteiger partial charge in [0.15, 0.2) is 0 Å². The van der Waals surface area contributed by atoms with Crippen molar-refractivity contribution in [3.63, 3.8) is 0 Å². The Morgan fingerprint density at radius 3 is 2.73 bits per heavy atom. The topological polar surface area (TPSA) is 12.9 Å². The fourth-order valence-electron chi connectivity index (χ4n) is 0.976. The lowest BCUT2D eigenvalue weighted by Crippen LogP contribution is -1.97. The van der Waals surface area contributed by atoms with Gasteiger partial charge in [0.1, 0.15) is 0 Å². The van der Waals surface area contributed by atoms with Crippen LogP contribution in [0.3, 0.4) is 0 Å². The summed E-state index contributed by atoms with van der Waals surface area (Å²) >= 11 is 0. The third kappa shape index (κ3) is 2.59. The van der Waals surface area contributed by atoms with Gasteiger partial charge in [-0.3, -0.25) is 4.98 Å². The lowest BCUT2D eigenvalue weighted by atomic mass is 10.2. The van der Waals surface area contributed by atoms with Crippen LogP contribution in [0.2, 0.25) is 0 Å². The van der Waals surface area contributed by atoms with Crippen LogP contribution in [0.4, 0.5) is 0 Å². The van der Waals surface area contributed by atoms with Crippen LogP contribution in [0.15, 0.2) is 18.3 Å². The van der Waals surface area contributed by atoms with Crippen molar-refractivity contribution in [3.05, 3.63) is 24.0 Å². The Labute approximate surface area is 70.0 Å². The van der Waals surface area contributed by atoms with E-state index in [2.05, 4.69) is 30.7 Å². The number of aromatic nitrogens is 1. The molecule has 1 rings (SSSR count). The zero-order valence-electron chi connectivity index (χ0n) is 7.09. The molecule has 0 aromatic carbocycles. The molecule has 1 aromatic heterocycles. The third-order valence-corrected chi connectivity index (χ3v) is 2.49. The van der Waals surface area contributed by atoms with E-state index in [1.54, 1.807) is 0 Å². The SMILES string of the molecule is CCCc1ccc(PC)cn1. The second-order valence-electron chi connectivity index (χ2n) is 2.54. The molecule has 1 atom stereocenters. The maximum atomic E-state index is 4.35. The van der Waals surface area contributed by atoms with E-state index in [0.29, 0.717) is 0 Å². The number of nitrogens with zero attached hydrogens (tertiary/aromatic N) is 1. The number of rotatable bonds is 3. The Morgan fingerprint density at radius 2 is 2.27 bits per heavy atom. The molecule has 0 aliphatic rings. The van der Waals surface area contributed by atoms with Crippen LogP contribution in [0.25, 0.3) is 0 Å². The molecular formula is C9H14NP. The summed E-state index contributed by atoms with van der Waals surface area (Å²) in [7, 11) is 0.866. The van der Waals surface area contributed by atoms with Gasteiger partial charge in [0.05, 0.1) is 0 Å². The molecule has 0 aliphatic carbocycles. The van der Waals surface area contributed by atoms with E-state index < -0.39 is 0 Å². The van der Waals surface area contributed by atoms with Crippen molar-refractivity contribution in [2.75, 3.05) is 6.66 Å². The first-order chi connectivity index (χ1) is 5.36. The standard InChI is InChI=1S/C9H14NP/c1-3-4-8-5-6-9(11-2)7-10-8/h5-7,11H,3-4H2,1-2H3. The molecule has 60 valence electrons. The highest BCUT2D eigenvalue weighted by molar-refractivity contribution is 7.46. The summed E-state index contributed by atoms with van der Waals surface area (Å²) in [6.07, 6.45) is 4.28. The van der Waals surface area contributed by atoms with Crippen LogP contribution < -0.4 is 5.30 Å². The van der Waals surface area contributed by atoms with Gasteiger partial charge in [0.25, 0.3) is 0 Å². The van der Waals surface area contributed by atoms with Gasteiger partial charge in [0, 0.05) is 11.9 Å². The fourth-order valence-corrected chi connectivity index (χ4v) is 1.42. The first-order valence-electron chi connectivity index (χ1n) is 3.99. The highest BCUT2D eigenvalue weighted by Crippen LogP contribution is 2.03. The van der Waals surface area contributed by atoms with Crippen molar-refractivity contribution < 1.29 is 0 Å². The van der Waals surface area contributed by atoms with E-state index >= 15 is 0 Å². The summed E-state index contributed by atoms with van der Waals surface area (Å²) in [5, 5.41) is 1.35. The predicted molar refractivity (Wildman–Crippen MR) is 52.1 cm³/mol. The van der Waals surface area contributed by atoms with Gasteiger partial charge in [0.2, 0.25) is 0 Å². The smallest absolute Gasteiger partial charge is 0.0404 e. The molecule has 0 fully saturated rings. The molecule has 0 radical (unpaired) electrons. The summed E-state index contributed by atoms with van der Waals surface area (Å²) < 4.78 is 0. The lowest BCUT2D eigenvalue weighted by molar-refractivity contribution is 0.884. The molecule has 11 heavy (non-hydrogen) atoms. The quantitative estimate of drug-likeness (QED) is 0.627. The molecule has 1 aromatic rings. The molecule has 0 saturated carbocycles. The summed E-state index contributed by atoms with van der Waals surface area (Å²) in [6, 6.07) is 4.31. The zero-order chi connectivity index (χ0) is 8.10. The molecular weight excluding hydrogens is 153 g/mol. The first-order valence-corrected chi connectivity index (χ1v) is 5.49. The van der Waals surface area contributed by atoms with Crippen molar-refractivity contribution >= 4 is 13.9 Å². The number of aryl methyl sites for hydroxylation is 1. The molecule has 0 spiro atoms. The maximum absolute atomic E-state index is 4.35. The lowest BCUT2D eigenvalue weighted by Gasteiger charge is -1.98. The summed E-state index contributed by atoms with van der Waals surface area (Å²) in [5.74, 6) is 0. The van der Waals surface area contributed by atoms with Crippen LogP contribution >= 0.6 is 8.58 Å². The van der Waals surface area contributed by atoms with Crippen LogP contribution in [-0.2, 0) is 6.42 Å². The minimum absolute atomic E-state index is 0.866. The van der Waals surface area contributed by atoms with E-state index in [4.69, 9.17) is 0 Å². The summed E-state index contributed by atoms with van der Waals surface area (Å²) in [6.45, 7) is 4.35. The van der Waals surface area contributed by atoms with E-state index in [1.165, 1.54) is 17.4 Å². The Bertz CT molecular complexity index is 205. The molecule has 2 heteroatoms. The summed E-state index contributed by atoms with van der Waals surface area (Å²) in [4.78, 5) is 4.35. The molecule has 1 unspecified atom stereocenters. The Kier molecular flexibility index (Phi) is 3.51. The van der Waals surface area contributed by atoms with Crippen molar-refractivity contribution in [1.29, 1.82) is 0 Å². The minimum atomic E-state index is 0.866. The van der Waals surface area contributed by atoms with E-state index in [-0.39, 0.29) is 0 Å². The number of hydrogen-bond donors (Lipinski definition) is 0. The van der Waals surface area contributed by atoms with Crippen LogP contribution in [0.1, 0.15) is 19.0 Å². The Morgan fingerprint density at radius 1 is 1.45 bits per heavy atom. The van der Waals surface area contributed by atoms with Crippen LogP contribution in [-0.4, -0.2) is 11.6 Å². The maximum Gasteiger partial charge on any atom is 0.0404 e. The van der Waals surface area contributed by atoms with Gasteiger partial charge in [-0.25, -0.2) is 0 Å². The monoisotopic (exact) mass is 167 g/mol.